The van der Waals surface area contributed by atoms with E-state index in [4.69, 9.17) is 57.5 Å². The van der Waals surface area contributed by atoms with Crippen LogP contribution in [0.4, 0.5) is 0 Å². The lowest BCUT2D eigenvalue weighted by Crippen LogP contribution is -2.31. The van der Waals surface area contributed by atoms with Crippen LogP contribution in [0.5, 0.6) is 0 Å². The van der Waals surface area contributed by atoms with Gasteiger partial charge in [-0.25, -0.2) is 33.2 Å². The minimum atomic E-state index is -3.82. The Hall–Kier alpha value is -4.73. The molecule has 0 aliphatic carbocycles. The number of hydrazine groups is 1. The lowest BCUT2D eigenvalue weighted by molar-refractivity contribution is -0.199. The van der Waals surface area contributed by atoms with E-state index in [2.05, 4.69) is 29.9 Å². The molecular formula is C42H48Cl2N10O11S2. The number of halogens is 2. The highest BCUT2D eigenvalue weighted by atomic mass is 35.5. The maximum atomic E-state index is 12.5. The van der Waals surface area contributed by atoms with E-state index in [1.165, 1.54) is 43.1 Å². The van der Waals surface area contributed by atoms with Crippen LogP contribution in [-0.2, 0) is 48.5 Å². The molecule has 4 fully saturated rings. The summed E-state index contributed by atoms with van der Waals surface area (Å²) in [6, 6.07) is 16.5. The third-order valence-corrected chi connectivity index (χ3v) is 14.1. The molecule has 0 saturated carbocycles. The first-order chi connectivity index (χ1) is 31.7. The maximum absolute atomic E-state index is 12.5. The predicted molar refractivity (Wildman–Crippen MR) is 243 cm³/mol. The SMILES string of the molecule is CC1(C)O[C@@H]2[C@H](O1)[C@@H](CO)O[C@H]2n1ccc2c(Cl)ncnc21.Cc1ccc(S(=O)(=O)N/N=C/[C@H]2O[C@@H](n3ccc4c(Cl)ncnc43)[C@@H]3OC(C)(C)O[C@@H]32)cc1.Cc1ccc(S(=O)(=O)NN)cc1. The topological polar surface area (TPSA) is 268 Å². The minimum absolute atomic E-state index is 0.116. The van der Waals surface area contributed by atoms with Crippen LogP contribution in [0.25, 0.3) is 22.1 Å². The van der Waals surface area contributed by atoms with Gasteiger partial charge in [-0.1, -0.05) is 58.6 Å². The fourth-order valence-electron chi connectivity index (χ4n) is 8.00. The summed E-state index contributed by atoms with van der Waals surface area (Å²) in [4.78, 5) is 20.8. The lowest BCUT2D eigenvalue weighted by Gasteiger charge is -2.24. The van der Waals surface area contributed by atoms with Gasteiger partial charge in [0.15, 0.2) is 24.0 Å². The number of hydrogen-bond acceptors (Lipinski definition) is 17. The fraction of sp³-hybridized carbons (Fsp3) is 0.405. The molecule has 67 heavy (non-hydrogen) atoms. The summed E-state index contributed by atoms with van der Waals surface area (Å²) in [7, 11) is -7.30. The molecule has 358 valence electrons. The van der Waals surface area contributed by atoms with Crippen molar-refractivity contribution in [2.45, 2.75) is 112 Å². The highest BCUT2D eigenvalue weighted by Crippen LogP contribution is 2.45. The van der Waals surface area contributed by atoms with E-state index in [1.807, 2.05) is 58.4 Å². The third kappa shape index (κ3) is 10.2. The Labute approximate surface area is 395 Å². The summed E-state index contributed by atoms with van der Waals surface area (Å²) < 4.78 is 86.9. The second-order valence-corrected chi connectivity index (χ2v) is 20.8. The molecule has 0 radical (unpaired) electrons. The Bertz CT molecular complexity index is 2990. The van der Waals surface area contributed by atoms with Crippen molar-refractivity contribution in [2.75, 3.05) is 6.61 Å². The number of nitrogens with one attached hydrogen (secondary N) is 2. The van der Waals surface area contributed by atoms with E-state index in [1.54, 1.807) is 45.9 Å². The molecule has 4 aliphatic heterocycles. The van der Waals surface area contributed by atoms with Gasteiger partial charge in [-0.05, 0) is 77.9 Å². The molecule has 0 unspecified atom stereocenters. The molecule has 0 spiro atoms. The summed E-state index contributed by atoms with van der Waals surface area (Å²) in [5, 5.41) is 15.6. The molecule has 25 heteroatoms. The summed E-state index contributed by atoms with van der Waals surface area (Å²) in [5.41, 5.74) is 3.21. The first-order valence-electron chi connectivity index (χ1n) is 20.7. The molecule has 2 aromatic carbocycles. The largest absolute Gasteiger partial charge is 0.394 e. The second-order valence-electron chi connectivity index (χ2n) is 16.7. The van der Waals surface area contributed by atoms with Crippen molar-refractivity contribution in [3.8, 4) is 0 Å². The summed E-state index contributed by atoms with van der Waals surface area (Å²) in [6.07, 6.45) is 4.03. The Morgan fingerprint density at radius 2 is 1.13 bits per heavy atom. The van der Waals surface area contributed by atoms with Crippen LogP contribution in [0.2, 0.25) is 10.3 Å². The monoisotopic (exact) mass is 1000 g/mol. The standard InChI is InChI=1S/C21H22ClN5O5S.C14H16ClN3O4.C7H10N2O2S/c1-12-4-6-13(7-5-12)33(28,29)26-25-10-15-16-17(32-21(2,3)31-16)20(30-15)27-9-8-14-18(22)23-11-24-19(14)27;1-14(2)21-9-8(5-19)20-13(10(9)22-14)18-4-3-7-11(15)16-6-17-12(7)18;1-6-2-4-7(5-3-6)12(10,11)9-8/h4-11,15-17,20,26H,1-3H3;3-4,6,8-10,13,19H,5H2,1-2H3;2-5,9H,8H2,1H3/b25-10+;;/t15-,16-,17-,20-;8-,9-,10-,13-;/m11./s1. The normalized spacial score (nSPS) is 26.2. The van der Waals surface area contributed by atoms with Gasteiger partial charge in [-0.15, -0.1) is 0 Å². The van der Waals surface area contributed by atoms with Crippen LogP contribution >= 0.6 is 23.2 Å². The van der Waals surface area contributed by atoms with Crippen LogP contribution < -0.4 is 15.5 Å². The molecule has 4 saturated heterocycles. The van der Waals surface area contributed by atoms with Gasteiger partial charge in [0.05, 0.1) is 33.4 Å². The molecular weight excluding hydrogens is 956 g/mol. The van der Waals surface area contributed by atoms with Crippen molar-refractivity contribution in [3.05, 3.63) is 107 Å². The highest BCUT2D eigenvalue weighted by Gasteiger charge is 2.57. The van der Waals surface area contributed by atoms with Crippen LogP contribution in [0.15, 0.2) is 101 Å². The van der Waals surface area contributed by atoms with Gasteiger partial charge in [0.1, 0.15) is 70.9 Å². The number of nitrogens with zero attached hydrogens (tertiary/aromatic N) is 7. The van der Waals surface area contributed by atoms with Crippen molar-refractivity contribution < 1.29 is 50.4 Å². The van der Waals surface area contributed by atoms with Gasteiger partial charge in [-0.2, -0.15) is 18.4 Å². The Balaban J connectivity index is 0.000000153. The second kappa shape index (κ2) is 19.0. The van der Waals surface area contributed by atoms with Crippen molar-refractivity contribution >= 4 is 71.5 Å². The number of rotatable bonds is 9. The van der Waals surface area contributed by atoms with Gasteiger partial charge in [0.2, 0.25) is 0 Å². The zero-order valence-electron chi connectivity index (χ0n) is 36.8. The number of benzene rings is 2. The van der Waals surface area contributed by atoms with Crippen LogP contribution in [0.1, 0.15) is 51.3 Å². The summed E-state index contributed by atoms with van der Waals surface area (Å²) in [5.74, 6) is 3.28. The lowest BCUT2D eigenvalue weighted by atomic mass is 10.1. The van der Waals surface area contributed by atoms with Gasteiger partial charge in [-0.3, -0.25) is 5.84 Å². The molecule has 0 bridgehead atoms. The van der Waals surface area contributed by atoms with Crippen LogP contribution in [0.3, 0.4) is 0 Å². The number of aliphatic hydroxyl groups excluding tert-OH is 1. The molecule has 10 rings (SSSR count). The smallest absolute Gasteiger partial charge is 0.276 e. The van der Waals surface area contributed by atoms with Crippen molar-refractivity contribution in [2.24, 2.45) is 10.9 Å². The quantitative estimate of drug-likeness (QED) is 0.0676. The van der Waals surface area contributed by atoms with E-state index in [9.17, 15) is 21.9 Å². The Morgan fingerprint density at radius 3 is 1.63 bits per heavy atom. The van der Waals surface area contributed by atoms with Gasteiger partial charge < -0.3 is 42.7 Å². The van der Waals surface area contributed by atoms with E-state index in [0.717, 1.165) is 16.5 Å². The highest BCUT2D eigenvalue weighted by molar-refractivity contribution is 7.89. The summed E-state index contributed by atoms with van der Waals surface area (Å²) >= 11 is 12.3. The Kier molecular flexibility index (Phi) is 13.8. The number of ether oxygens (including phenoxy) is 6. The molecule has 8 atom stereocenters. The average Bonchev–Trinajstić information content (AvgIpc) is 4.13. The number of aromatic nitrogens is 6. The van der Waals surface area contributed by atoms with Gasteiger partial charge in [0.25, 0.3) is 20.0 Å². The van der Waals surface area contributed by atoms with Gasteiger partial charge >= 0.3 is 0 Å². The van der Waals surface area contributed by atoms with E-state index in [-0.39, 0.29) is 28.6 Å². The van der Waals surface area contributed by atoms with Crippen molar-refractivity contribution in [1.29, 1.82) is 0 Å². The zero-order valence-corrected chi connectivity index (χ0v) is 39.9. The number of hydrazone groups is 1. The molecule has 5 N–H and O–H groups in total. The number of nitrogens with two attached hydrogens (primary N) is 1. The van der Waals surface area contributed by atoms with Crippen LogP contribution in [-0.4, -0.2) is 112 Å². The molecule has 4 aromatic heterocycles. The number of sulfonamides is 2. The number of fused-ring (bicyclic) bond motifs is 4. The first-order valence-corrected chi connectivity index (χ1v) is 24.4. The minimum Gasteiger partial charge on any atom is -0.394 e. The Morgan fingerprint density at radius 1 is 0.687 bits per heavy atom. The zero-order chi connectivity index (χ0) is 48.1. The fourth-order valence-corrected chi connectivity index (χ4v) is 9.81. The number of hydrogen-bond donors (Lipinski definition) is 4. The molecule has 4 aliphatic rings. The molecule has 6 aromatic rings. The first kappa shape index (κ1) is 48.7. The summed E-state index contributed by atoms with van der Waals surface area (Å²) in [6.45, 7) is 10.9. The third-order valence-electron chi connectivity index (χ3n) is 11.1. The molecule has 0 amide bonds. The van der Waals surface area contributed by atoms with Crippen molar-refractivity contribution in [1.82, 2.24) is 38.7 Å². The number of aryl methyl sites for hydroxylation is 2. The maximum Gasteiger partial charge on any atom is 0.276 e. The van der Waals surface area contributed by atoms with E-state index < -0.39 is 68.5 Å². The predicted octanol–water partition coefficient (Wildman–Crippen LogP) is 4.42. The van der Waals surface area contributed by atoms with Crippen LogP contribution in [0, 0.1) is 13.8 Å². The molecule has 8 heterocycles. The van der Waals surface area contributed by atoms with E-state index >= 15 is 0 Å². The van der Waals surface area contributed by atoms with Crippen molar-refractivity contribution in [3.63, 3.8) is 0 Å². The van der Waals surface area contributed by atoms with Gasteiger partial charge in [0, 0.05) is 12.4 Å². The average molecular weight is 1000 g/mol. The molecule has 21 nitrogen and oxygen atoms in total. The number of aliphatic hydroxyl groups is 1. The van der Waals surface area contributed by atoms with E-state index in [0.29, 0.717) is 27.0 Å².